The molecular weight excluding hydrogens is 308 g/mol. The highest BCUT2D eigenvalue weighted by Gasteiger charge is 2.09. The molecule has 2 heterocycles. The van der Waals surface area contributed by atoms with Crippen molar-refractivity contribution in [3.05, 3.63) is 65.0 Å². The third-order valence-electron chi connectivity index (χ3n) is 3.52. The number of anilines is 1. The Morgan fingerprint density at radius 1 is 1.25 bits per heavy atom. The van der Waals surface area contributed by atoms with E-state index in [1.165, 1.54) is 10.9 Å². The number of pyridine rings is 1. The summed E-state index contributed by atoms with van der Waals surface area (Å²) in [6, 6.07) is 10.1. The fourth-order valence-electron chi connectivity index (χ4n) is 2.28. The van der Waals surface area contributed by atoms with Gasteiger partial charge >= 0.3 is 0 Å². The largest absolute Gasteiger partial charge is 0.383 e. The quantitative estimate of drug-likeness (QED) is 0.772. The standard InChI is InChI=1S/C17H16N4O3/c1-24-9-8-21-11-19-14-6-5-12(10-13(14)17(21)23)20-16(22)15-4-2-3-7-18-15/h2-7,10-11H,8-9H2,1H3,(H,20,22). The van der Waals surface area contributed by atoms with Crippen LogP contribution in [-0.4, -0.2) is 34.2 Å². The zero-order chi connectivity index (χ0) is 16.9. The third-order valence-corrected chi connectivity index (χ3v) is 3.52. The zero-order valence-corrected chi connectivity index (χ0v) is 13.1. The number of nitrogens with one attached hydrogen (secondary N) is 1. The Labute approximate surface area is 137 Å². The lowest BCUT2D eigenvalue weighted by Gasteiger charge is -2.08. The summed E-state index contributed by atoms with van der Waals surface area (Å²) in [4.78, 5) is 32.9. The molecule has 1 amide bonds. The van der Waals surface area contributed by atoms with Crippen LogP contribution in [0.5, 0.6) is 0 Å². The topological polar surface area (TPSA) is 86.1 Å². The van der Waals surface area contributed by atoms with Gasteiger partial charge < -0.3 is 10.1 Å². The van der Waals surface area contributed by atoms with E-state index in [-0.39, 0.29) is 11.5 Å². The van der Waals surface area contributed by atoms with Gasteiger partial charge in [-0.2, -0.15) is 0 Å². The molecule has 0 aliphatic rings. The lowest BCUT2D eigenvalue weighted by Crippen LogP contribution is -2.22. The number of benzene rings is 1. The average molecular weight is 324 g/mol. The smallest absolute Gasteiger partial charge is 0.274 e. The molecule has 3 rings (SSSR count). The Balaban J connectivity index is 1.91. The summed E-state index contributed by atoms with van der Waals surface area (Å²) in [5.41, 5.74) is 1.22. The molecule has 24 heavy (non-hydrogen) atoms. The lowest BCUT2D eigenvalue weighted by molar-refractivity contribution is 0.102. The molecule has 7 heteroatoms. The van der Waals surface area contributed by atoms with E-state index in [1.54, 1.807) is 49.7 Å². The first-order chi connectivity index (χ1) is 11.7. The zero-order valence-electron chi connectivity index (χ0n) is 13.1. The van der Waals surface area contributed by atoms with Gasteiger partial charge in [-0.05, 0) is 30.3 Å². The maximum atomic E-state index is 12.5. The molecule has 0 atom stereocenters. The number of rotatable bonds is 5. The number of aromatic nitrogens is 3. The third kappa shape index (κ3) is 3.31. The summed E-state index contributed by atoms with van der Waals surface area (Å²) >= 11 is 0. The highest BCUT2D eigenvalue weighted by Crippen LogP contribution is 2.15. The first kappa shape index (κ1) is 15.8. The highest BCUT2D eigenvalue weighted by atomic mass is 16.5. The number of carbonyl (C=O) groups excluding carboxylic acids is 1. The molecule has 0 spiro atoms. The van der Waals surface area contributed by atoms with Crippen LogP contribution in [0.1, 0.15) is 10.5 Å². The van der Waals surface area contributed by atoms with Gasteiger partial charge in [-0.15, -0.1) is 0 Å². The average Bonchev–Trinajstić information content (AvgIpc) is 2.62. The van der Waals surface area contributed by atoms with Gasteiger partial charge in [0, 0.05) is 19.0 Å². The summed E-state index contributed by atoms with van der Waals surface area (Å²) < 4.78 is 6.47. The van der Waals surface area contributed by atoms with Crippen LogP contribution in [0.3, 0.4) is 0 Å². The first-order valence-electron chi connectivity index (χ1n) is 7.39. The molecule has 0 radical (unpaired) electrons. The van der Waals surface area contributed by atoms with E-state index >= 15 is 0 Å². The molecule has 122 valence electrons. The number of amides is 1. The lowest BCUT2D eigenvalue weighted by atomic mass is 10.2. The van der Waals surface area contributed by atoms with Crippen molar-refractivity contribution in [1.82, 2.24) is 14.5 Å². The molecule has 0 bridgehead atoms. The Morgan fingerprint density at radius 2 is 2.12 bits per heavy atom. The highest BCUT2D eigenvalue weighted by molar-refractivity contribution is 6.03. The molecule has 7 nitrogen and oxygen atoms in total. The van der Waals surface area contributed by atoms with Gasteiger partial charge in [0.2, 0.25) is 0 Å². The SMILES string of the molecule is COCCn1cnc2ccc(NC(=O)c3ccccn3)cc2c1=O. The summed E-state index contributed by atoms with van der Waals surface area (Å²) in [6.45, 7) is 0.839. The second-order valence-electron chi connectivity index (χ2n) is 5.14. The van der Waals surface area contributed by atoms with Gasteiger partial charge in [-0.3, -0.25) is 19.1 Å². The molecule has 0 saturated carbocycles. The number of ether oxygens (including phenoxy) is 1. The maximum absolute atomic E-state index is 12.5. The summed E-state index contributed by atoms with van der Waals surface area (Å²) in [5.74, 6) is -0.335. The number of methoxy groups -OCH3 is 1. The Morgan fingerprint density at radius 3 is 2.88 bits per heavy atom. The number of fused-ring (bicyclic) bond motifs is 1. The number of hydrogen-bond donors (Lipinski definition) is 1. The van der Waals surface area contributed by atoms with Crippen LogP contribution < -0.4 is 10.9 Å². The van der Waals surface area contributed by atoms with Crippen molar-refractivity contribution < 1.29 is 9.53 Å². The van der Waals surface area contributed by atoms with E-state index in [1.807, 2.05) is 0 Å². The summed E-state index contributed by atoms with van der Waals surface area (Å²) in [6.07, 6.45) is 3.05. The first-order valence-corrected chi connectivity index (χ1v) is 7.39. The molecule has 1 aromatic carbocycles. The van der Waals surface area contributed by atoms with Crippen LogP contribution in [0.2, 0.25) is 0 Å². The van der Waals surface area contributed by atoms with E-state index in [0.29, 0.717) is 35.4 Å². The number of carbonyl (C=O) groups is 1. The summed E-state index contributed by atoms with van der Waals surface area (Å²) in [5, 5.41) is 3.18. The molecule has 2 aromatic heterocycles. The van der Waals surface area contributed by atoms with E-state index in [4.69, 9.17) is 4.74 Å². The number of nitrogens with zero attached hydrogens (tertiary/aromatic N) is 3. The normalized spacial score (nSPS) is 10.7. The van der Waals surface area contributed by atoms with Crippen molar-refractivity contribution in [2.45, 2.75) is 6.54 Å². The van der Waals surface area contributed by atoms with E-state index in [9.17, 15) is 9.59 Å². The van der Waals surface area contributed by atoms with Crippen molar-refractivity contribution in [2.24, 2.45) is 0 Å². The fourth-order valence-corrected chi connectivity index (χ4v) is 2.28. The van der Waals surface area contributed by atoms with Crippen LogP contribution in [0, 0.1) is 0 Å². The molecule has 1 N–H and O–H groups in total. The minimum Gasteiger partial charge on any atom is -0.383 e. The van der Waals surface area contributed by atoms with Gasteiger partial charge in [-0.25, -0.2) is 4.98 Å². The molecule has 0 saturated heterocycles. The summed E-state index contributed by atoms with van der Waals surface area (Å²) in [7, 11) is 1.57. The van der Waals surface area contributed by atoms with Crippen LogP contribution in [0.25, 0.3) is 10.9 Å². The van der Waals surface area contributed by atoms with Crippen molar-refractivity contribution in [3.63, 3.8) is 0 Å². The van der Waals surface area contributed by atoms with Crippen molar-refractivity contribution in [2.75, 3.05) is 19.0 Å². The van der Waals surface area contributed by atoms with Gasteiger partial charge in [0.25, 0.3) is 11.5 Å². The monoisotopic (exact) mass is 324 g/mol. The molecule has 0 unspecified atom stereocenters. The van der Waals surface area contributed by atoms with Gasteiger partial charge in [0.15, 0.2) is 0 Å². The predicted molar refractivity (Wildman–Crippen MR) is 90.1 cm³/mol. The van der Waals surface area contributed by atoms with E-state index in [0.717, 1.165) is 0 Å². The van der Waals surface area contributed by atoms with Gasteiger partial charge in [0.05, 0.1) is 30.4 Å². The van der Waals surface area contributed by atoms with E-state index < -0.39 is 0 Å². The van der Waals surface area contributed by atoms with Crippen LogP contribution in [-0.2, 0) is 11.3 Å². The molecule has 0 aliphatic heterocycles. The van der Waals surface area contributed by atoms with Crippen molar-refractivity contribution >= 4 is 22.5 Å². The van der Waals surface area contributed by atoms with Gasteiger partial charge in [0.1, 0.15) is 5.69 Å². The molecule has 0 fully saturated rings. The Bertz CT molecular complexity index is 922. The second kappa shape index (κ2) is 7.01. The van der Waals surface area contributed by atoms with Crippen LogP contribution >= 0.6 is 0 Å². The molecule has 3 aromatic rings. The Kier molecular flexibility index (Phi) is 4.62. The Hall–Kier alpha value is -3.06. The van der Waals surface area contributed by atoms with Crippen molar-refractivity contribution in [3.8, 4) is 0 Å². The van der Waals surface area contributed by atoms with Crippen LogP contribution in [0.15, 0.2) is 53.7 Å². The number of hydrogen-bond acceptors (Lipinski definition) is 5. The molecular formula is C17H16N4O3. The fraction of sp³-hybridized carbons (Fsp3) is 0.176. The maximum Gasteiger partial charge on any atom is 0.274 e. The van der Waals surface area contributed by atoms with E-state index in [2.05, 4.69) is 15.3 Å². The van der Waals surface area contributed by atoms with Gasteiger partial charge in [-0.1, -0.05) is 6.07 Å². The minimum atomic E-state index is -0.335. The second-order valence-corrected chi connectivity index (χ2v) is 5.14. The predicted octanol–water partition coefficient (Wildman–Crippen LogP) is 1.69. The molecule has 0 aliphatic carbocycles. The van der Waals surface area contributed by atoms with Crippen LogP contribution in [0.4, 0.5) is 5.69 Å². The minimum absolute atomic E-state index is 0.175. The van der Waals surface area contributed by atoms with Crippen molar-refractivity contribution in [1.29, 1.82) is 0 Å².